The van der Waals surface area contributed by atoms with Gasteiger partial charge in [0.15, 0.2) is 11.4 Å². The Labute approximate surface area is 166 Å². The molecule has 0 saturated carbocycles. The highest BCUT2D eigenvalue weighted by molar-refractivity contribution is 6.44. The topological polar surface area (TPSA) is 28.2 Å². The van der Waals surface area contributed by atoms with Gasteiger partial charge in [-0.05, 0) is 62.4 Å². The summed E-state index contributed by atoms with van der Waals surface area (Å²) in [5.41, 5.74) is 10.7. The Morgan fingerprint density at radius 2 is 1.68 bits per heavy atom. The second-order valence-corrected chi connectivity index (χ2v) is 7.75. The first-order valence-corrected chi connectivity index (χ1v) is 10.0. The van der Waals surface area contributed by atoms with Crippen LogP contribution in [0.2, 0.25) is 0 Å². The van der Waals surface area contributed by atoms with Crippen LogP contribution in [-0.4, -0.2) is 27.0 Å². The van der Waals surface area contributed by atoms with Crippen molar-refractivity contribution in [3.8, 4) is 5.75 Å². The van der Waals surface area contributed by atoms with E-state index >= 15 is 4.32 Å². The number of benzene rings is 1. The monoisotopic (exact) mass is 377 g/mol. The van der Waals surface area contributed by atoms with Crippen LogP contribution in [-0.2, 0) is 6.42 Å². The van der Waals surface area contributed by atoms with E-state index in [4.69, 9.17) is 0 Å². The quantitative estimate of drug-likeness (QED) is 0.735. The SMILES string of the molecule is CCC1=C(C)C2=C(c3ccc(O)cc3)c3c(C)c(CC)c(C)n3B(F)[N+]2=C1C. The van der Waals surface area contributed by atoms with Crippen molar-refractivity contribution in [2.45, 2.75) is 54.4 Å². The van der Waals surface area contributed by atoms with Crippen LogP contribution in [0.25, 0.3) is 5.57 Å². The van der Waals surface area contributed by atoms with Crippen molar-refractivity contribution in [3.63, 3.8) is 0 Å². The van der Waals surface area contributed by atoms with Gasteiger partial charge in [0.25, 0.3) is 0 Å². The molecular formula is C23H27BFN2O+. The maximum Gasteiger partial charge on any atom is 0.846 e. The third-order valence-corrected chi connectivity index (χ3v) is 6.46. The maximum atomic E-state index is 16.0. The molecule has 0 saturated heterocycles. The summed E-state index contributed by atoms with van der Waals surface area (Å²) in [7, 11) is -1.25. The van der Waals surface area contributed by atoms with Crippen molar-refractivity contribution in [2.75, 3.05) is 0 Å². The van der Waals surface area contributed by atoms with E-state index in [1.807, 2.05) is 34.9 Å². The first kappa shape index (κ1) is 18.8. The molecule has 5 heteroatoms. The molecule has 0 spiro atoms. The molecule has 0 radical (unpaired) electrons. The largest absolute Gasteiger partial charge is 0.846 e. The summed E-state index contributed by atoms with van der Waals surface area (Å²) in [5.74, 6) is 0.235. The summed E-state index contributed by atoms with van der Waals surface area (Å²) < 4.78 is 19.7. The van der Waals surface area contributed by atoms with Crippen LogP contribution >= 0.6 is 0 Å². The Morgan fingerprint density at radius 3 is 2.25 bits per heavy atom. The third-order valence-electron chi connectivity index (χ3n) is 6.46. The molecule has 0 amide bonds. The molecule has 1 aromatic carbocycles. The van der Waals surface area contributed by atoms with E-state index in [1.165, 1.54) is 11.1 Å². The number of aromatic nitrogens is 1. The first-order chi connectivity index (χ1) is 13.3. The number of fused-ring (bicyclic) bond motifs is 2. The van der Waals surface area contributed by atoms with Crippen LogP contribution in [0.15, 0.2) is 41.1 Å². The third kappa shape index (κ3) is 2.31. The van der Waals surface area contributed by atoms with Crippen LogP contribution in [0.4, 0.5) is 4.32 Å². The van der Waals surface area contributed by atoms with Gasteiger partial charge in [-0.25, -0.2) is 8.80 Å². The van der Waals surface area contributed by atoms with Gasteiger partial charge in [0, 0.05) is 23.8 Å². The number of rotatable bonds is 3. The molecule has 0 atom stereocenters. The van der Waals surface area contributed by atoms with Gasteiger partial charge < -0.3 is 5.11 Å². The summed E-state index contributed by atoms with van der Waals surface area (Å²) in [6.45, 7) is 12.5. The van der Waals surface area contributed by atoms with E-state index in [1.54, 1.807) is 12.1 Å². The Bertz CT molecular complexity index is 1090. The maximum absolute atomic E-state index is 16.0. The van der Waals surface area contributed by atoms with Gasteiger partial charge in [-0.15, -0.1) is 0 Å². The molecular weight excluding hydrogens is 350 g/mol. The Balaban J connectivity index is 2.17. The average molecular weight is 377 g/mol. The fraction of sp³-hybridized carbons (Fsp3) is 0.348. The van der Waals surface area contributed by atoms with Crippen molar-refractivity contribution in [3.05, 3.63) is 69.2 Å². The van der Waals surface area contributed by atoms with E-state index in [0.29, 0.717) is 0 Å². The molecule has 144 valence electrons. The molecule has 3 heterocycles. The Hall–Kier alpha value is -2.56. The zero-order chi connectivity index (χ0) is 20.3. The number of hydrogen-bond acceptors (Lipinski definition) is 1. The molecule has 2 aliphatic heterocycles. The fourth-order valence-corrected chi connectivity index (χ4v) is 5.14. The van der Waals surface area contributed by atoms with Gasteiger partial charge in [-0.2, -0.15) is 0 Å². The Kier molecular flexibility index (Phi) is 4.37. The fourth-order valence-electron chi connectivity index (χ4n) is 5.14. The summed E-state index contributed by atoms with van der Waals surface area (Å²) in [6.07, 6.45) is 1.75. The number of nitrogens with zero attached hydrogens (tertiary/aromatic N) is 2. The number of allylic oxidation sites excluding steroid dienone is 2. The van der Waals surface area contributed by atoms with Gasteiger partial charge in [-0.3, -0.25) is 4.48 Å². The zero-order valence-electron chi connectivity index (χ0n) is 17.5. The van der Waals surface area contributed by atoms with Gasteiger partial charge in [0.1, 0.15) is 5.75 Å². The lowest BCUT2D eigenvalue weighted by molar-refractivity contribution is -0.337. The van der Waals surface area contributed by atoms with Crippen LogP contribution in [0.3, 0.4) is 0 Å². The standard InChI is InChI=1S/C23H26BFN2O/c1-7-19-13(3)22-21(17-9-11-18(28)12-10-17)23-14(4)20(8-2)16(6)27(23)24(25)26(22)15(19)5/h9-12H,7-8H2,1-6H3/p+1. The Morgan fingerprint density at radius 1 is 1.04 bits per heavy atom. The van der Waals surface area contributed by atoms with Gasteiger partial charge in [0.05, 0.1) is 11.3 Å². The highest BCUT2D eigenvalue weighted by Crippen LogP contribution is 2.44. The number of phenols is 1. The lowest BCUT2D eigenvalue weighted by atomic mass is 9.86. The second-order valence-electron chi connectivity index (χ2n) is 7.75. The van der Waals surface area contributed by atoms with Crippen molar-refractivity contribution in [2.24, 2.45) is 0 Å². The molecule has 1 aromatic heterocycles. The number of aromatic hydroxyl groups is 1. The van der Waals surface area contributed by atoms with Crippen molar-refractivity contribution < 1.29 is 13.9 Å². The molecule has 3 nitrogen and oxygen atoms in total. The summed E-state index contributed by atoms with van der Waals surface area (Å²) in [5, 5.41) is 9.79. The lowest BCUT2D eigenvalue weighted by Gasteiger charge is -2.22. The number of halogens is 1. The van der Waals surface area contributed by atoms with Crippen molar-refractivity contribution in [1.82, 2.24) is 4.48 Å². The average Bonchev–Trinajstić information content (AvgIpc) is 3.07. The number of hydrogen-bond donors (Lipinski definition) is 1. The number of phenolic OH excluding ortho intramolecular Hbond substituents is 1. The van der Waals surface area contributed by atoms with E-state index in [2.05, 4.69) is 27.7 Å². The van der Waals surface area contributed by atoms with Gasteiger partial charge >= 0.3 is 7.26 Å². The summed E-state index contributed by atoms with van der Waals surface area (Å²) in [6, 6.07) is 7.27. The molecule has 2 aliphatic rings. The smallest absolute Gasteiger partial charge is 0.508 e. The van der Waals surface area contributed by atoms with Crippen LogP contribution < -0.4 is 0 Å². The lowest BCUT2D eigenvalue weighted by Crippen LogP contribution is -2.41. The van der Waals surface area contributed by atoms with E-state index in [9.17, 15) is 5.11 Å². The summed E-state index contributed by atoms with van der Waals surface area (Å²) >= 11 is 0. The highest BCUT2D eigenvalue weighted by Gasteiger charge is 2.53. The van der Waals surface area contributed by atoms with E-state index < -0.39 is 7.26 Å². The summed E-state index contributed by atoms with van der Waals surface area (Å²) in [4.78, 5) is 0. The van der Waals surface area contributed by atoms with E-state index in [-0.39, 0.29) is 5.75 Å². The zero-order valence-corrected chi connectivity index (χ0v) is 17.5. The van der Waals surface area contributed by atoms with Crippen LogP contribution in [0.1, 0.15) is 62.2 Å². The van der Waals surface area contributed by atoms with Gasteiger partial charge in [-0.1, -0.05) is 26.0 Å². The predicted octanol–water partition coefficient (Wildman–Crippen LogP) is 5.16. The predicted molar refractivity (Wildman–Crippen MR) is 114 cm³/mol. The molecule has 4 rings (SSSR count). The highest BCUT2D eigenvalue weighted by atomic mass is 19.1. The van der Waals surface area contributed by atoms with Gasteiger partial charge in [0.2, 0.25) is 0 Å². The molecule has 0 fully saturated rings. The van der Waals surface area contributed by atoms with Crippen LogP contribution in [0, 0.1) is 13.8 Å². The van der Waals surface area contributed by atoms with Crippen LogP contribution in [0.5, 0.6) is 5.75 Å². The van der Waals surface area contributed by atoms with E-state index in [0.717, 1.165) is 57.9 Å². The first-order valence-electron chi connectivity index (χ1n) is 10.0. The normalized spacial score (nSPS) is 16.3. The molecule has 28 heavy (non-hydrogen) atoms. The molecule has 0 aliphatic carbocycles. The molecule has 2 aromatic rings. The van der Waals surface area contributed by atoms with Crippen molar-refractivity contribution in [1.29, 1.82) is 0 Å². The molecule has 0 unspecified atom stereocenters. The van der Waals surface area contributed by atoms with Crippen molar-refractivity contribution >= 4 is 18.5 Å². The molecule has 1 N–H and O–H groups in total. The minimum atomic E-state index is -1.25. The minimum absolute atomic E-state index is 0.235. The second kappa shape index (κ2) is 6.51. The molecule has 0 bridgehead atoms. The minimum Gasteiger partial charge on any atom is -0.508 e.